The Morgan fingerprint density at radius 1 is 1.28 bits per heavy atom. The van der Waals surface area contributed by atoms with E-state index in [1.807, 2.05) is 28.6 Å². The van der Waals surface area contributed by atoms with E-state index >= 15 is 0 Å². The van der Waals surface area contributed by atoms with Crippen molar-refractivity contribution < 1.29 is 14.7 Å². The molecule has 1 amide bonds. The molecule has 156 valence electrons. The Labute approximate surface area is 179 Å². The second kappa shape index (κ2) is 8.48. The van der Waals surface area contributed by atoms with Crippen LogP contribution >= 0.6 is 22.9 Å². The second-order valence-electron chi connectivity index (χ2n) is 8.20. The van der Waals surface area contributed by atoms with Gasteiger partial charge in [-0.25, -0.2) is 0 Å². The van der Waals surface area contributed by atoms with E-state index in [0.29, 0.717) is 38.3 Å². The molecule has 0 aromatic carbocycles. The van der Waals surface area contributed by atoms with E-state index in [1.165, 1.54) is 5.56 Å². The summed E-state index contributed by atoms with van der Waals surface area (Å²) in [6.07, 6.45) is 4.40. The number of amides is 1. The molecule has 1 aliphatic carbocycles. The normalized spacial score (nSPS) is 21.8. The van der Waals surface area contributed by atoms with Gasteiger partial charge >= 0.3 is 5.97 Å². The van der Waals surface area contributed by atoms with Crippen molar-refractivity contribution in [1.82, 2.24) is 14.7 Å². The lowest BCUT2D eigenvalue weighted by atomic mass is 9.80. The molecule has 2 aromatic rings. The fourth-order valence-corrected chi connectivity index (χ4v) is 5.66. The molecule has 0 saturated heterocycles. The number of aliphatic carboxylic acids is 1. The average molecular weight is 436 g/mol. The predicted molar refractivity (Wildman–Crippen MR) is 112 cm³/mol. The largest absolute Gasteiger partial charge is 0.481 e. The Balaban J connectivity index is 1.40. The molecule has 1 saturated carbocycles. The lowest BCUT2D eigenvalue weighted by molar-refractivity contribution is -0.143. The Kier molecular flexibility index (Phi) is 5.97. The van der Waals surface area contributed by atoms with Crippen molar-refractivity contribution in [2.45, 2.75) is 58.5 Å². The first-order chi connectivity index (χ1) is 13.9. The van der Waals surface area contributed by atoms with Crippen molar-refractivity contribution in [2.75, 3.05) is 6.54 Å². The van der Waals surface area contributed by atoms with Crippen molar-refractivity contribution in [3.8, 4) is 0 Å². The summed E-state index contributed by atoms with van der Waals surface area (Å²) in [5.74, 6) is -0.450. The summed E-state index contributed by atoms with van der Waals surface area (Å²) in [6, 6.07) is 3.93. The number of fused-ring (bicyclic) bond motifs is 1. The molecule has 0 unspecified atom stereocenters. The summed E-state index contributed by atoms with van der Waals surface area (Å²) in [7, 11) is 0. The Hall–Kier alpha value is -1.86. The molecule has 3 heterocycles. The van der Waals surface area contributed by atoms with Gasteiger partial charge in [0.15, 0.2) is 0 Å². The van der Waals surface area contributed by atoms with Crippen LogP contribution in [-0.4, -0.2) is 38.2 Å². The highest BCUT2D eigenvalue weighted by Gasteiger charge is 2.30. The fraction of sp³-hybridized carbons (Fsp3) is 0.571. The number of carboxylic acids is 1. The van der Waals surface area contributed by atoms with Crippen LogP contribution in [0, 0.1) is 18.8 Å². The van der Waals surface area contributed by atoms with Gasteiger partial charge in [0.25, 0.3) is 0 Å². The van der Waals surface area contributed by atoms with Crippen LogP contribution in [0.5, 0.6) is 0 Å². The number of hydrogen-bond acceptors (Lipinski definition) is 4. The van der Waals surface area contributed by atoms with Crippen LogP contribution < -0.4 is 0 Å². The highest BCUT2D eigenvalue weighted by atomic mass is 35.5. The standard InChI is InChI=1S/C21H26ClN3O3S/c1-13-17-8-9-24(20(26)10-14-2-4-15(5-3-14)21(27)28)12-18(17)25(23-13)11-16-6-7-19(22)29-16/h6-7,14-15H,2-5,8-12H2,1H3,(H,27,28)/t14-,15-. The third kappa shape index (κ3) is 4.51. The van der Waals surface area contributed by atoms with Crippen LogP contribution in [0.3, 0.4) is 0 Å². The van der Waals surface area contributed by atoms with Gasteiger partial charge in [-0.2, -0.15) is 5.10 Å². The van der Waals surface area contributed by atoms with Gasteiger partial charge in [-0.1, -0.05) is 11.6 Å². The number of thiophene rings is 1. The zero-order valence-electron chi connectivity index (χ0n) is 16.6. The van der Waals surface area contributed by atoms with Gasteiger partial charge in [-0.3, -0.25) is 14.3 Å². The number of aromatic nitrogens is 2. The van der Waals surface area contributed by atoms with Crippen LogP contribution in [0.1, 0.15) is 53.9 Å². The number of carboxylic acid groups (broad SMARTS) is 1. The zero-order chi connectivity index (χ0) is 20.5. The zero-order valence-corrected chi connectivity index (χ0v) is 18.1. The highest BCUT2D eigenvalue weighted by molar-refractivity contribution is 7.16. The van der Waals surface area contributed by atoms with Crippen molar-refractivity contribution in [2.24, 2.45) is 11.8 Å². The Bertz CT molecular complexity index is 914. The van der Waals surface area contributed by atoms with E-state index in [9.17, 15) is 9.59 Å². The molecular formula is C21H26ClN3O3S. The van der Waals surface area contributed by atoms with E-state index in [2.05, 4.69) is 0 Å². The van der Waals surface area contributed by atoms with Crippen LogP contribution in [0.2, 0.25) is 4.34 Å². The van der Waals surface area contributed by atoms with Gasteiger partial charge in [0, 0.05) is 17.8 Å². The van der Waals surface area contributed by atoms with Gasteiger partial charge in [-0.15, -0.1) is 11.3 Å². The summed E-state index contributed by atoms with van der Waals surface area (Å²) >= 11 is 7.62. The fourth-order valence-electron chi connectivity index (χ4n) is 4.59. The summed E-state index contributed by atoms with van der Waals surface area (Å²) in [4.78, 5) is 27.2. The number of carbonyl (C=O) groups is 2. The maximum Gasteiger partial charge on any atom is 0.306 e. The smallest absolute Gasteiger partial charge is 0.306 e. The lowest BCUT2D eigenvalue weighted by Crippen LogP contribution is -2.38. The SMILES string of the molecule is Cc1nn(Cc2ccc(Cl)s2)c2c1CCN(C(=O)C[C@H]1CC[C@H](C(=O)O)CC1)C2. The summed E-state index contributed by atoms with van der Waals surface area (Å²) in [5, 5.41) is 13.9. The summed E-state index contributed by atoms with van der Waals surface area (Å²) in [5.41, 5.74) is 3.43. The van der Waals surface area contributed by atoms with Crippen molar-refractivity contribution in [3.05, 3.63) is 38.3 Å². The highest BCUT2D eigenvalue weighted by Crippen LogP contribution is 2.32. The first kappa shape index (κ1) is 20.4. The molecule has 0 radical (unpaired) electrons. The third-order valence-corrected chi connectivity index (χ3v) is 7.50. The van der Waals surface area contributed by atoms with E-state index in [-0.39, 0.29) is 11.8 Å². The van der Waals surface area contributed by atoms with Crippen LogP contribution in [-0.2, 0) is 29.1 Å². The van der Waals surface area contributed by atoms with Gasteiger partial charge in [-0.05, 0) is 62.6 Å². The second-order valence-corrected chi connectivity index (χ2v) is 10.00. The van der Waals surface area contributed by atoms with Crippen LogP contribution in [0.15, 0.2) is 12.1 Å². The van der Waals surface area contributed by atoms with Crippen molar-refractivity contribution in [3.63, 3.8) is 0 Å². The number of carbonyl (C=O) groups excluding carboxylic acids is 1. The molecule has 2 aromatic heterocycles. The van der Waals surface area contributed by atoms with Gasteiger partial charge in [0.05, 0.1) is 34.7 Å². The minimum Gasteiger partial charge on any atom is -0.481 e. The van der Waals surface area contributed by atoms with Gasteiger partial charge < -0.3 is 10.0 Å². The van der Waals surface area contributed by atoms with Crippen molar-refractivity contribution in [1.29, 1.82) is 0 Å². The van der Waals surface area contributed by atoms with E-state index in [0.717, 1.165) is 46.4 Å². The molecule has 8 heteroatoms. The first-order valence-corrected chi connectivity index (χ1v) is 11.4. The van der Waals surface area contributed by atoms with Crippen LogP contribution in [0.4, 0.5) is 0 Å². The molecule has 6 nitrogen and oxygen atoms in total. The number of aryl methyl sites for hydroxylation is 1. The minimum absolute atomic E-state index is 0.180. The average Bonchev–Trinajstić information content (AvgIpc) is 3.25. The molecule has 1 aliphatic heterocycles. The molecule has 0 spiro atoms. The molecular weight excluding hydrogens is 410 g/mol. The molecule has 1 N–H and O–H groups in total. The third-order valence-electron chi connectivity index (χ3n) is 6.29. The number of nitrogens with zero attached hydrogens (tertiary/aromatic N) is 3. The molecule has 0 atom stereocenters. The first-order valence-electron chi connectivity index (χ1n) is 10.2. The topological polar surface area (TPSA) is 75.4 Å². The molecule has 4 rings (SSSR count). The molecule has 29 heavy (non-hydrogen) atoms. The molecule has 0 bridgehead atoms. The quantitative estimate of drug-likeness (QED) is 0.766. The van der Waals surface area contributed by atoms with Gasteiger partial charge in [0.2, 0.25) is 5.91 Å². The minimum atomic E-state index is -0.700. The number of rotatable bonds is 5. The van der Waals surface area contributed by atoms with E-state index < -0.39 is 5.97 Å². The summed E-state index contributed by atoms with van der Waals surface area (Å²) < 4.78 is 2.79. The number of halogens is 1. The van der Waals surface area contributed by atoms with E-state index in [4.69, 9.17) is 21.8 Å². The molecule has 2 aliphatic rings. The van der Waals surface area contributed by atoms with Crippen LogP contribution in [0.25, 0.3) is 0 Å². The maximum absolute atomic E-state index is 12.9. The van der Waals surface area contributed by atoms with Gasteiger partial charge in [0.1, 0.15) is 0 Å². The molecule has 1 fully saturated rings. The lowest BCUT2D eigenvalue weighted by Gasteiger charge is -2.31. The maximum atomic E-state index is 12.9. The Morgan fingerprint density at radius 2 is 2.03 bits per heavy atom. The summed E-state index contributed by atoms with van der Waals surface area (Å²) in [6.45, 7) is 4.04. The number of hydrogen-bond donors (Lipinski definition) is 1. The Morgan fingerprint density at radius 3 is 2.69 bits per heavy atom. The monoisotopic (exact) mass is 435 g/mol. The van der Waals surface area contributed by atoms with Crippen molar-refractivity contribution >= 4 is 34.8 Å². The predicted octanol–water partition coefficient (Wildman–Crippen LogP) is 4.12. The van der Waals surface area contributed by atoms with E-state index in [1.54, 1.807) is 11.3 Å².